The summed E-state index contributed by atoms with van der Waals surface area (Å²) >= 11 is 0. The second-order valence-corrected chi connectivity index (χ2v) is 18.3. The summed E-state index contributed by atoms with van der Waals surface area (Å²) in [6.45, 7) is 17.5. The molecule has 43 heavy (non-hydrogen) atoms. The summed E-state index contributed by atoms with van der Waals surface area (Å²) in [6, 6.07) is -0.692. The Hall–Kier alpha value is -1.90. The third-order valence-corrected chi connectivity index (χ3v) is 14.6. The van der Waals surface area contributed by atoms with Crippen LogP contribution in [0.5, 0.6) is 0 Å². The number of hydrogen-bond acceptors (Lipinski definition) is 6. The molecule has 0 radical (unpaired) electrons. The number of urea groups is 1. The molecule has 4 saturated carbocycles. The number of hydrogen-bond donors (Lipinski definition) is 2. The van der Waals surface area contributed by atoms with E-state index in [0.717, 1.165) is 64.0 Å². The molecule has 0 saturated heterocycles. The second kappa shape index (κ2) is 10.1. The molecule has 0 aromatic rings. The molecule has 0 bridgehead atoms. The largest absolute Gasteiger partial charge is 0.462 e. The first-order valence-corrected chi connectivity index (χ1v) is 18.3. The maximum Gasteiger partial charge on any atom is 0.328 e. The van der Waals surface area contributed by atoms with E-state index in [-0.39, 0.29) is 62.7 Å². The number of ether oxygens (including phenoxy) is 1. The lowest BCUT2D eigenvalue weighted by Gasteiger charge is -2.70. The molecule has 0 aromatic heterocycles. The molecule has 0 unspecified atom stereocenters. The summed E-state index contributed by atoms with van der Waals surface area (Å²) in [5.74, 6) is 0.320. The molecule has 0 spiro atoms. The number of ketones is 1. The van der Waals surface area contributed by atoms with Gasteiger partial charge in [0.1, 0.15) is 6.10 Å². The fourth-order valence-corrected chi connectivity index (χ4v) is 11.8. The van der Waals surface area contributed by atoms with Crippen LogP contribution in [-0.2, 0) is 24.3 Å². The Kier molecular flexibility index (Phi) is 7.59. The highest BCUT2D eigenvalue weighted by Crippen LogP contribution is 2.75. The Morgan fingerprint density at radius 3 is 2.23 bits per heavy atom. The van der Waals surface area contributed by atoms with Crippen molar-refractivity contribution in [3.8, 4) is 0 Å². The molecule has 5 aliphatic rings. The Bertz CT molecular complexity index is 1360. The molecule has 9 heteroatoms. The van der Waals surface area contributed by atoms with Gasteiger partial charge in [-0.05, 0) is 111 Å². The average Bonchev–Trinajstić information content (AvgIpc) is 2.86. The van der Waals surface area contributed by atoms with Gasteiger partial charge in [-0.2, -0.15) is 0 Å². The Morgan fingerprint density at radius 2 is 1.63 bits per heavy atom. The first-order chi connectivity index (χ1) is 19.7. The lowest BCUT2D eigenvalue weighted by molar-refractivity contribution is -0.214. The fourth-order valence-electron chi connectivity index (χ4n) is 11.4. The molecule has 4 fully saturated rings. The number of rotatable bonds is 4. The molecule has 0 aromatic carbocycles. The minimum absolute atomic E-state index is 0.0211. The van der Waals surface area contributed by atoms with Gasteiger partial charge in [0.05, 0.1) is 6.26 Å². The number of carbonyl (C=O) groups is 3. The molecule has 0 aliphatic heterocycles. The van der Waals surface area contributed by atoms with Crippen molar-refractivity contribution in [2.24, 2.45) is 44.8 Å². The van der Waals surface area contributed by atoms with Crippen LogP contribution in [0.1, 0.15) is 120 Å². The van der Waals surface area contributed by atoms with E-state index in [1.807, 2.05) is 13.0 Å². The van der Waals surface area contributed by atoms with Gasteiger partial charge in [0.15, 0.2) is 5.78 Å². The minimum Gasteiger partial charge on any atom is -0.462 e. The lowest BCUT2D eigenvalue weighted by atomic mass is 9.33. The first kappa shape index (κ1) is 32.5. The fraction of sp³-hybridized carbons (Fsp3) is 0.853. The van der Waals surface area contributed by atoms with Crippen LogP contribution in [0.4, 0.5) is 4.79 Å². The van der Waals surface area contributed by atoms with Crippen molar-refractivity contribution in [1.29, 1.82) is 0 Å². The summed E-state index contributed by atoms with van der Waals surface area (Å²) in [6.07, 6.45) is 11.8. The van der Waals surface area contributed by atoms with Crippen molar-refractivity contribution in [1.82, 2.24) is 10.0 Å². The predicted molar refractivity (Wildman–Crippen MR) is 166 cm³/mol. The number of esters is 1. The van der Waals surface area contributed by atoms with E-state index in [0.29, 0.717) is 6.42 Å². The van der Waals surface area contributed by atoms with Gasteiger partial charge in [-0.15, -0.1) is 0 Å². The Balaban J connectivity index is 1.52. The van der Waals surface area contributed by atoms with E-state index in [4.69, 9.17) is 4.74 Å². The Morgan fingerprint density at radius 1 is 0.977 bits per heavy atom. The summed E-state index contributed by atoms with van der Waals surface area (Å²) in [5, 5.41) is 2.99. The van der Waals surface area contributed by atoms with Gasteiger partial charge in [0.25, 0.3) is 0 Å². The minimum atomic E-state index is -3.67. The quantitative estimate of drug-likeness (QED) is 0.357. The van der Waals surface area contributed by atoms with E-state index in [9.17, 15) is 22.8 Å². The van der Waals surface area contributed by atoms with Crippen LogP contribution in [0.25, 0.3) is 0 Å². The number of allylic oxidation sites excluding steroid dienone is 2. The normalized spacial score (nSPS) is 47.6. The maximum absolute atomic E-state index is 14.6. The molecule has 0 heterocycles. The second-order valence-electron chi connectivity index (χ2n) is 16.6. The summed E-state index contributed by atoms with van der Waals surface area (Å²) in [7, 11) is -3.67. The third kappa shape index (κ3) is 4.89. The van der Waals surface area contributed by atoms with Crippen molar-refractivity contribution in [3.05, 3.63) is 11.6 Å². The van der Waals surface area contributed by atoms with Crippen molar-refractivity contribution >= 4 is 27.8 Å². The molecule has 5 rings (SSSR count). The maximum atomic E-state index is 14.6. The van der Waals surface area contributed by atoms with Gasteiger partial charge in [0.2, 0.25) is 10.0 Å². The zero-order valence-electron chi connectivity index (χ0n) is 27.8. The summed E-state index contributed by atoms with van der Waals surface area (Å²) in [5.41, 5.74) is -0.0579. The highest BCUT2D eigenvalue weighted by molar-refractivity contribution is 7.89. The molecule has 242 valence electrons. The summed E-state index contributed by atoms with van der Waals surface area (Å²) in [4.78, 5) is 39.3. The van der Waals surface area contributed by atoms with Gasteiger partial charge < -0.3 is 10.1 Å². The zero-order valence-corrected chi connectivity index (χ0v) is 28.6. The standard InChI is InChI=1S/C34H54N2O6S/c1-10-31(5)25-11-14-34(8)27(32(25,6)13-12-26(31)42-21(2)37)24(38)19-22-23-20-30(4,35-28(39)36-43(9,40)41)17-15-29(23,3)16-18-33(22,34)7/h19,23,25-27H,10-18,20H2,1-9H3,(H2,35,36,39)/t23-,25-,26-,27+,29+,30-,31+,32-,33+,34+/m0/s1. The predicted octanol–water partition coefficient (Wildman–Crippen LogP) is 6.30. The third-order valence-electron chi connectivity index (χ3n) is 14.1. The van der Waals surface area contributed by atoms with E-state index in [2.05, 4.69) is 51.6 Å². The Labute approximate surface area is 259 Å². The average molecular weight is 619 g/mol. The number of carbonyl (C=O) groups excluding carboxylic acids is 3. The molecule has 2 N–H and O–H groups in total. The monoisotopic (exact) mass is 618 g/mol. The first-order valence-electron chi connectivity index (χ1n) is 16.4. The number of sulfonamides is 1. The van der Waals surface area contributed by atoms with Crippen LogP contribution in [-0.4, -0.2) is 44.1 Å². The number of fused-ring (bicyclic) bond motifs is 7. The van der Waals surface area contributed by atoms with Gasteiger partial charge in [-0.25, -0.2) is 17.9 Å². The van der Waals surface area contributed by atoms with Gasteiger partial charge >= 0.3 is 12.0 Å². The topological polar surface area (TPSA) is 119 Å². The van der Waals surface area contributed by atoms with Crippen molar-refractivity contribution < 1.29 is 27.5 Å². The van der Waals surface area contributed by atoms with Crippen LogP contribution in [0.15, 0.2) is 11.6 Å². The van der Waals surface area contributed by atoms with Crippen molar-refractivity contribution in [2.45, 2.75) is 131 Å². The van der Waals surface area contributed by atoms with Crippen LogP contribution in [0, 0.1) is 44.8 Å². The molecule has 10 atom stereocenters. The lowest BCUT2D eigenvalue weighted by Crippen LogP contribution is -2.67. The van der Waals surface area contributed by atoms with Crippen LogP contribution in [0.2, 0.25) is 0 Å². The molecule has 5 aliphatic carbocycles. The van der Waals surface area contributed by atoms with Gasteiger partial charge in [-0.1, -0.05) is 47.1 Å². The van der Waals surface area contributed by atoms with E-state index in [1.165, 1.54) is 12.5 Å². The number of amides is 2. The molecule has 2 amide bonds. The van der Waals surface area contributed by atoms with E-state index >= 15 is 0 Å². The van der Waals surface area contributed by atoms with E-state index in [1.54, 1.807) is 0 Å². The molecular formula is C34H54N2O6S. The smallest absolute Gasteiger partial charge is 0.328 e. The molecular weight excluding hydrogens is 564 g/mol. The van der Waals surface area contributed by atoms with Crippen LogP contribution < -0.4 is 10.0 Å². The highest BCUT2D eigenvalue weighted by Gasteiger charge is 2.70. The van der Waals surface area contributed by atoms with Crippen molar-refractivity contribution in [2.75, 3.05) is 6.26 Å². The van der Waals surface area contributed by atoms with Gasteiger partial charge in [0, 0.05) is 23.8 Å². The zero-order chi connectivity index (χ0) is 32.0. The number of nitrogens with one attached hydrogen (secondary N) is 2. The molecule has 8 nitrogen and oxygen atoms in total. The van der Waals surface area contributed by atoms with E-state index < -0.39 is 21.6 Å². The van der Waals surface area contributed by atoms with Crippen molar-refractivity contribution in [3.63, 3.8) is 0 Å². The SMILES string of the molecule is CC[C@]1(C)[C@@H]2CC[C@]3(C)[C@H](C(=O)C=C4[C@@H]5C[C@@](C)(NC(=O)NS(C)(=O)=O)CC[C@]5(C)CC[C@]43C)[C@@]2(C)CC[C@@H]1OC(C)=O. The van der Waals surface area contributed by atoms with Crippen LogP contribution >= 0.6 is 0 Å². The van der Waals surface area contributed by atoms with Gasteiger partial charge in [-0.3, -0.25) is 9.59 Å². The van der Waals surface area contributed by atoms with Crippen LogP contribution in [0.3, 0.4) is 0 Å². The highest BCUT2D eigenvalue weighted by atomic mass is 32.2. The summed E-state index contributed by atoms with van der Waals surface area (Å²) < 4.78 is 31.4.